The third kappa shape index (κ3) is 0.170. The van der Waals surface area contributed by atoms with Gasteiger partial charge in [-0.2, -0.15) is 0 Å². The van der Waals surface area contributed by atoms with E-state index < -0.39 is 0 Å². The fraction of sp³-hybridized carbons (Fsp3) is 1.00. The number of hydrogen-bond acceptors (Lipinski definition) is 0. The number of rotatable bonds is 1. The predicted molar refractivity (Wildman–Crippen MR) is 49.0 cm³/mol. The molecule has 0 aliphatic heterocycles. The van der Waals surface area contributed by atoms with Crippen LogP contribution in [0.1, 0.15) is 45.4 Å². The van der Waals surface area contributed by atoms with Crippen molar-refractivity contribution in [1.29, 1.82) is 0 Å². The first-order valence-corrected chi connectivity index (χ1v) is 6.35. The predicted octanol–water partition coefficient (Wildman–Crippen LogP) is 2.98. The van der Waals surface area contributed by atoms with Gasteiger partial charge in [-0.15, -0.1) is 0 Å². The molecule has 6 rings (SSSR count). The molecule has 0 N–H and O–H groups in total. The van der Waals surface area contributed by atoms with Gasteiger partial charge in [-0.25, -0.2) is 0 Å². The largest absolute Gasteiger partial charge is 0.0651 e. The van der Waals surface area contributed by atoms with Crippen LogP contribution in [-0.2, 0) is 0 Å². The molecule has 5 spiro atoms. The topological polar surface area (TPSA) is 0 Å². The Morgan fingerprint density at radius 1 is 1.00 bits per heavy atom. The highest BCUT2D eigenvalue weighted by Gasteiger charge is 3.48. The van der Waals surface area contributed by atoms with Crippen molar-refractivity contribution in [3.8, 4) is 0 Å². The normalized spacial score (nSPS) is 92.5. The fourth-order valence-electron chi connectivity index (χ4n) is 8.74. The van der Waals surface area contributed by atoms with Crippen molar-refractivity contribution in [2.75, 3.05) is 0 Å². The van der Waals surface area contributed by atoms with Crippen molar-refractivity contribution in [2.45, 2.75) is 45.4 Å². The van der Waals surface area contributed by atoms with Gasteiger partial charge in [0.05, 0.1) is 0 Å². The van der Waals surface area contributed by atoms with Crippen LogP contribution >= 0.6 is 0 Å². The molecule has 0 heteroatoms. The van der Waals surface area contributed by atoms with Gasteiger partial charge in [0.2, 0.25) is 0 Å². The van der Waals surface area contributed by atoms with E-state index in [1.54, 1.807) is 32.1 Å². The van der Waals surface area contributed by atoms with E-state index in [9.17, 15) is 0 Å². The zero-order valence-corrected chi connectivity index (χ0v) is 8.32. The second-order valence-electron chi connectivity index (χ2n) is 6.91. The second kappa shape index (κ2) is 0.955. The lowest BCUT2D eigenvalue weighted by Crippen LogP contribution is -2.39. The Labute approximate surface area is 79.1 Å². The van der Waals surface area contributed by atoms with Gasteiger partial charge >= 0.3 is 0 Å². The van der Waals surface area contributed by atoms with E-state index in [-0.39, 0.29) is 0 Å². The molecule has 68 valence electrons. The molecule has 0 amide bonds. The van der Waals surface area contributed by atoms with E-state index in [1.807, 2.05) is 0 Å². The average Bonchev–Trinajstić information content (AvgIpc) is 2.98. The van der Waals surface area contributed by atoms with E-state index in [2.05, 4.69) is 6.92 Å². The van der Waals surface area contributed by atoms with Crippen molar-refractivity contribution in [1.82, 2.24) is 0 Å². The third-order valence-electron chi connectivity index (χ3n) is 8.10. The summed E-state index contributed by atoms with van der Waals surface area (Å²) in [5.41, 5.74) is 5.28. The van der Waals surface area contributed by atoms with Crippen molar-refractivity contribution in [3.63, 3.8) is 0 Å². The Balaban J connectivity index is 1.58. The summed E-state index contributed by atoms with van der Waals surface area (Å²) < 4.78 is 0. The summed E-state index contributed by atoms with van der Waals surface area (Å²) in [4.78, 5) is 0. The van der Waals surface area contributed by atoms with Crippen LogP contribution in [0.2, 0.25) is 0 Å². The SMILES string of the molecule is CCC1CC23C45CCCC46C2(C1)C563. The van der Waals surface area contributed by atoms with Gasteiger partial charge in [0.25, 0.3) is 0 Å². The summed E-state index contributed by atoms with van der Waals surface area (Å²) in [5, 5.41) is 0. The van der Waals surface area contributed by atoms with Gasteiger partial charge in [0.1, 0.15) is 0 Å². The smallest absolute Gasteiger partial charge is 0.00255 e. The minimum Gasteiger partial charge on any atom is -0.0651 e. The zero-order valence-electron chi connectivity index (χ0n) is 8.32. The van der Waals surface area contributed by atoms with Gasteiger partial charge in [0, 0.05) is 0 Å². The molecule has 0 heterocycles. The van der Waals surface area contributed by atoms with Crippen LogP contribution in [-0.4, -0.2) is 0 Å². The maximum absolute atomic E-state index is 2.41. The lowest BCUT2D eigenvalue weighted by Gasteiger charge is -2.43. The molecule has 6 fully saturated rings. The number of hydrogen-bond donors (Lipinski definition) is 0. The Bertz CT molecular complexity index is 348. The summed E-state index contributed by atoms with van der Waals surface area (Å²) >= 11 is 0. The highest BCUT2D eigenvalue weighted by atomic mass is 15.5. The summed E-state index contributed by atoms with van der Waals surface area (Å²) in [6.07, 6.45) is 9.74. The minimum absolute atomic E-state index is 1.05. The monoisotopic (exact) mass is 172 g/mol. The Hall–Kier alpha value is 0. The van der Waals surface area contributed by atoms with E-state index >= 15 is 0 Å². The van der Waals surface area contributed by atoms with Gasteiger partial charge in [-0.3, -0.25) is 0 Å². The van der Waals surface area contributed by atoms with E-state index in [1.165, 1.54) is 6.42 Å². The van der Waals surface area contributed by atoms with Crippen LogP contribution in [0.4, 0.5) is 0 Å². The van der Waals surface area contributed by atoms with Crippen LogP contribution < -0.4 is 0 Å². The molecule has 0 aromatic rings. The molecule has 0 bridgehead atoms. The Morgan fingerprint density at radius 2 is 1.62 bits per heavy atom. The molecule has 6 saturated carbocycles. The molecular weight excluding hydrogens is 156 g/mol. The summed E-state index contributed by atoms with van der Waals surface area (Å²) in [6, 6.07) is 0. The van der Waals surface area contributed by atoms with Gasteiger partial charge in [0.15, 0.2) is 0 Å². The van der Waals surface area contributed by atoms with Gasteiger partial charge < -0.3 is 0 Å². The lowest BCUT2D eigenvalue weighted by molar-refractivity contribution is 0.0302. The molecule has 0 nitrogen and oxygen atoms in total. The molecule has 4 unspecified atom stereocenters. The molecule has 13 heavy (non-hydrogen) atoms. The van der Waals surface area contributed by atoms with Crippen molar-refractivity contribution in [3.05, 3.63) is 0 Å². The maximum atomic E-state index is 2.41. The molecule has 0 saturated heterocycles. The summed E-state index contributed by atoms with van der Waals surface area (Å²) in [7, 11) is 0. The lowest BCUT2D eigenvalue weighted by atomic mass is 9.60. The van der Waals surface area contributed by atoms with Crippen molar-refractivity contribution in [2.24, 2.45) is 33.0 Å². The molecule has 0 aromatic carbocycles. The Morgan fingerprint density at radius 3 is 2.15 bits per heavy atom. The van der Waals surface area contributed by atoms with Crippen molar-refractivity contribution < 1.29 is 0 Å². The highest BCUT2D eigenvalue weighted by Crippen LogP contribution is 3.51. The van der Waals surface area contributed by atoms with Crippen molar-refractivity contribution >= 4 is 0 Å². The summed E-state index contributed by atoms with van der Waals surface area (Å²) in [5.74, 6) is 1.15. The van der Waals surface area contributed by atoms with E-state index in [4.69, 9.17) is 0 Å². The van der Waals surface area contributed by atoms with Crippen LogP contribution in [0.25, 0.3) is 0 Å². The van der Waals surface area contributed by atoms with Gasteiger partial charge in [-0.1, -0.05) is 19.8 Å². The molecule has 6 aliphatic rings. The third-order valence-corrected chi connectivity index (χ3v) is 8.10. The average molecular weight is 172 g/mol. The van der Waals surface area contributed by atoms with Crippen LogP contribution in [0, 0.1) is 33.0 Å². The maximum Gasteiger partial charge on any atom is -0.00255 e. The quantitative estimate of drug-likeness (QED) is 0.570. The first-order chi connectivity index (χ1) is 6.35. The summed E-state index contributed by atoms with van der Waals surface area (Å²) in [6.45, 7) is 2.41. The van der Waals surface area contributed by atoms with Crippen LogP contribution in [0.15, 0.2) is 0 Å². The molecule has 0 aromatic heterocycles. The van der Waals surface area contributed by atoms with Crippen LogP contribution in [0.5, 0.6) is 0 Å². The Kier molecular flexibility index (Phi) is 0.424. The molecular formula is C13H16. The highest BCUT2D eigenvalue weighted by molar-refractivity contribution is 5.93. The first-order valence-electron chi connectivity index (χ1n) is 6.35. The first kappa shape index (κ1) is 5.78. The van der Waals surface area contributed by atoms with Crippen LogP contribution in [0.3, 0.4) is 0 Å². The standard InChI is InChI=1S/C13H16/c1-2-8-6-11-9-4-3-5-10(9)12(11,7-8)13(9,10)11/h8H,2-7H2,1H3. The molecule has 6 aliphatic carbocycles. The van der Waals surface area contributed by atoms with E-state index in [0.29, 0.717) is 0 Å². The molecule has 0 radical (unpaired) electrons. The molecule has 4 atom stereocenters. The fourth-order valence-corrected chi connectivity index (χ4v) is 8.74. The van der Waals surface area contributed by atoms with Gasteiger partial charge in [-0.05, 0) is 58.7 Å². The second-order valence-corrected chi connectivity index (χ2v) is 6.91. The zero-order chi connectivity index (χ0) is 8.32. The minimum atomic E-state index is 1.05. The van der Waals surface area contributed by atoms with E-state index in [0.717, 1.165) is 33.0 Å².